The smallest absolute Gasteiger partial charge is 0.196 e. The van der Waals surface area contributed by atoms with Crippen molar-refractivity contribution in [2.24, 2.45) is 0 Å². The maximum Gasteiger partial charge on any atom is 0.196 e. The minimum atomic E-state index is -0.0710. The summed E-state index contributed by atoms with van der Waals surface area (Å²) in [4.78, 5) is 13.2. The van der Waals surface area contributed by atoms with Gasteiger partial charge in [-0.15, -0.1) is 0 Å². The summed E-state index contributed by atoms with van der Waals surface area (Å²) in [6.45, 7) is 4.92. The highest BCUT2D eigenvalue weighted by atomic mass is 16.6. The average molecular weight is 346 g/mol. The molecule has 0 N–H and O–H groups in total. The summed E-state index contributed by atoms with van der Waals surface area (Å²) >= 11 is 0. The number of ether oxygens (including phenoxy) is 2. The fraction of sp³-hybridized carbons (Fsp3) is 0.136. The van der Waals surface area contributed by atoms with Gasteiger partial charge in [-0.1, -0.05) is 49.1 Å². The molecule has 2 aliphatic rings. The summed E-state index contributed by atoms with van der Waals surface area (Å²) in [6.07, 6.45) is 9.09. The van der Waals surface area contributed by atoms with Gasteiger partial charge >= 0.3 is 0 Å². The van der Waals surface area contributed by atoms with E-state index in [-0.39, 0.29) is 5.43 Å². The first-order chi connectivity index (χ1) is 12.7. The molecule has 4 heteroatoms. The van der Waals surface area contributed by atoms with Gasteiger partial charge in [-0.2, -0.15) is 0 Å². The first kappa shape index (κ1) is 16.2. The van der Waals surface area contributed by atoms with Gasteiger partial charge in [0.05, 0.1) is 11.1 Å². The Labute approximate surface area is 151 Å². The summed E-state index contributed by atoms with van der Waals surface area (Å²) in [7, 11) is 0. The zero-order valence-electron chi connectivity index (χ0n) is 14.2. The molecule has 4 rings (SSSR count). The first-order valence-electron chi connectivity index (χ1n) is 8.46. The molecule has 0 atom stereocenters. The third kappa shape index (κ3) is 3.14. The number of hydrogen-bond donors (Lipinski definition) is 0. The molecule has 4 nitrogen and oxygen atoms in total. The number of allylic oxidation sites excluding steroid dienone is 5. The molecule has 0 unspecified atom stereocenters. The van der Waals surface area contributed by atoms with Crippen molar-refractivity contribution in [2.45, 2.75) is 6.42 Å². The monoisotopic (exact) mass is 346 g/mol. The van der Waals surface area contributed by atoms with Crippen LogP contribution in [0.4, 0.5) is 0 Å². The third-order valence-electron chi connectivity index (χ3n) is 4.33. The van der Waals surface area contributed by atoms with E-state index in [2.05, 4.69) is 6.58 Å². The summed E-state index contributed by atoms with van der Waals surface area (Å²) in [6, 6.07) is 9.49. The van der Waals surface area contributed by atoms with Crippen molar-refractivity contribution in [3.8, 4) is 11.1 Å². The normalized spacial score (nSPS) is 17.6. The molecule has 0 bridgehead atoms. The van der Waals surface area contributed by atoms with Crippen LogP contribution >= 0.6 is 0 Å². The average Bonchev–Trinajstić information content (AvgIpc) is 2.68. The predicted molar refractivity (Wildman–Crippen MR) is 100 cm³/mol. The Kier molecular flexibility index (Phi) is 4.32. The van der Waals surface area contributed by atoms with Crippen molar-refractivity contribution >= 4 is 6.08 Å². The molecule has 130 valence electrons. The highest BCUT2D eigenvalue weighted by Crippen LogP contribution is 2.25. The maximum atomic E-state index is 13.2. The largest absolute Gasteiger partial charge is 0.490 e. The van der Waals surface area contributed by atoms with Crippen LogP contribution in [0.25, 0.3) is 17.2 Å². The summed E-state index contributed by atoms with van der Waals surface area (Å²) in [5, 5.41) is 0. The van der Waals surface area contributed by atoms with Gasteiger partial charge in [-0.25, -0.2) is 0 Å². The van der Waals surface area contributed by atoms with E-state index in [4.69, 9.17) is 13.9 Å². The van der Waals surface area contributed by atoms with Gasteiger partial charge in [-0.3, -0.25) is 4.79 Å². The zero-order valence-corrected chi connectivity index (χ0v) is 14.2. The third-order valence-corrected chi connectivity index (χ3v) is 4.33. The predicted octanol–water partition coefficient (Wildman–Crippen LogP) is 4.25. The van der Waals surface area contributed by atoms with Crippen LogP contribution in [-0.4, -0.2) is 13.2 Å². The van der Waals surface area contributed by atoms with Gasteiger partial charge in [0.15, 0.2) is 11.2 Å². The zero-order chi connectivity index (χ0) is 17.9. The van der Waals surface area contributed by atoms with Gasteiger partial charge in [-0.05, 0) is 23.3 Å². The topological polar surface area (TPSA) is 48.7 Å². The Bertz CT molecular complexity index is 991. The molecule has 0 spiro atoms. The van der Waals surface area contributed by atoms with Crippen LogP contribution in [0.5, 0.6) is 0 Å². The van der Waals surface area contributed by atoms with E-state index in [0.717, 1.165) is 11.1 Å². The second-order valence-electron chi connectivity index (χ2n) is 6.09. The van der Waals surface area contributed by atoms with Crippen molar-refractivity contribution in [1.82, 2.24) is 0 Å². The van der Waals surface area contributed by atoms with E-state index < -0.39 is 0 Å². The lowest BCUT2D eigenvalue weighted by Gasteiger charge is -2.21. The van der Waals surface area contributed by atoms with Crippen molar-refractivity contribution in [3.05, 3.63) is 100 Å². The molecule has 0 saturated carbocycles. The number of benzene rings is 1. The van der Waals surface area contributed by atoms with Gasteiger partial charge in [0.1, 0.15) is 31.0 Å². The molecule has 0 fully saturated rings. The van der Waals surface area contributed by atoms with Crippen molar-refractivity contribution in [3.63, 3.8) is 0 Å². The number of rotatable bonds is 1. The van der Waals surface area contributed by atoms with E-state index in [1.807, 2.05) is 48.6 Å². The van der Waals surface area contributed by atoms with E-state index in [1.54, 1.807) is 6.08 Å². The molecule has 1 aromatic carbocycles. The minimum absolute atomic E-state index is 0.0710. The van der Waals surface area contributed by atoms with E-state index in [9.17, 15) is 4.79 Å². The Morgan fingerprint density at radius 1 is 0.923 bits per heavy atom. The standard InChI is InChI=1S/C22H18O4/c1-15-7-9-19-17(13-21-20(10-8-15)24-11-12-25-21)22(23)18(14-26-19)16-5-3-2-4-6-16/h2-10,14H,1,11-13H2/b9-7?,10-8-. The molecule has 0 amide bonds. The second kappa shape index (κ2) is 6.92. The molecule has 0 radical (unpaired) electrons. The maximum absolute atomic E-state index is 13.2. The molecular weight excluding hydrogens is 328 g/mol. The van der Waals surface area contributed by atoms with Gasteiger partial charge in [0, 0.05) is 6.42 Å². The Morgan fingerprint density at radius 3 is 2.54 bits per heavy atom. The Morgan fingerprint density at radius 2 is 1.69 bits per heavy atom. The van der Waals surface area contributed by atoms with Crippen LogP contribution in [0.1, 0.15) is 11.3 Å². The molecular formula is C22H18O4. The van der Waals surface area contributed by atoms with Crippen LogP contribution in [0.2, 0.25) is 0 Å². The summed E-state index contributed by atoms with van der Waals surface area (Å²) in [5.74, 6) is 1.77. The molecule has 1 aliphatic carbocycles. The second-order valence-corrected chi connectivity index (χ2v) is 6.09. The highest BCUT2D eigenvalue weighted by Gasteiger charge is 2.21. The first-order valence-corrected chi connectivity index (χ1v) is 8.46. The SMILES string of the molecule is C=C1C=Cc2occ(-c3ccccc3)c(=O)c2CC2=C(/C=C\1)OCCO2. The lowest BCUT2D eigenvalue weighted by Crippen LogP contribution is -2.19. The summed E-state index contributed by atoms with van der Waals surface area (Å²) in [5.41, 5.74) is 2.60. The van der Waals surface area contributed by atoms with Crippen LogP contribution in [0, 0.1) is 0 Å². The van der Waals surface area contributed by atoms with Crippen molar-refractivity contribution in [1.29, 1.82) is 0 Å². The minimum Gasteiger partial charge on any atom is -0.490 e. The van der Waals surface area contributed by atoms with E-state index in [1.165, 1.54) is 6.26 Å². The summed E-state index contributed by atoms with van der Waals surface area (Å²) < 4.78 is 17.3. The molecule has 2 heterocycles. The highest BCUT2D eigenvalue weighted by molar-refractivity contribution is 5.65. The van der Waals surface area contributed by atoms with Crippen LogP contribution in [-0.2, 0) is 15.9 Å². The van der Waals surface area contributed by atoms with Crippen LogP contribution in [0.3, 0.4) is 0 Å². The molecule has 2 aromatic rings. The number of fused-ring (bicyclic) bond motifs is 1. The quantitative estimate of drug-likeness (QED) is 0.775. The lowest BCUT2D eigenvalue weighted by molar-refractivity contribution is 0.0665. The van der Waals surface area contributed by atoms with Gasteiger partial charge < -0.3 is 13.9 Å². The van der Waals surface area contributed by atoms with Crippen LogP contribution < -0.4 is 5.43 Å². The lowest BCUT2D eigenvalue weighted by atomic mass is 10.0. The van der Waals surface area contributed by atoms with Gasteiger partial charge in [0.2, 0.25) is 0 Å². The fourth-order valence-corrected chi connectivity index (χ4v) is 2.97. The fourth-order valence-electron chi connectivity index (χ4n) is 2.97. The van der Waals surface area contributed by atoms with Crippen molar-refractivity contribution in [2.75, 3.05) is 13.2 Å². The van der Waals surface area contributed by atoms with Gasteiger partial charge in [0.25, 0.3) is 0 Å². The number of hydrogen-bond acceptors (Lipinski definition) is 4. The Balaban J connectivity index is 1.89. The van der Waals surface area contributed by atoms with Crippen LogP contribution in [0.15, 0.2) is 87.7 Å². The van der Waals surface area contributed by atoms with E-state index in [0.29, 0.717) is 48.0 Å². The van der Waals surface area contributed by atoms with E-state index >= 15 is 0 Å². The Hall–Kier alpha value is -3.27. The molecule has 1 aliphatic heterocycles. The molecule has 26 heavy (non-hydrogen) atoms. The molecule has 1 aromatic heterocycles. The van der Waals surface area contributed by atoms with Crippen molar-refractivity contribution < 1.29 is 13.9 Å². The molecule has 0 saturated heterocycles.